The van der Waals surface area contributed by atoms with Gasteiger partial charge in [-0.15, -0.1) is 0 Å². The van der Waals surface area contributed by atoms with E-state index in [1.54, 1.807) is 0 Å². The molecular formula is C18H20BFO2. The van der Waals surface area contributed by atoms with Crippen molar-refractivity contribution in [2.45, 2.75) is 38.9 Å². The van der Waals surface area contributed by atoms with Crippen molar-refractivity contribution >= 4 is 24.0 Å². The maximum absolute atomic E-state index is 14.6. The molecule has 0 aliphatic carbocycles. The van der Waals surface area contributed by atoms with Crippen LogP contribution in [0.1, 0.15) is 33.3 Å². The Hall–Kier alpha value is -1.65. The molecule has 2 aromatic carbocycles. The summed E-state index contributed by atoms with van der Waals surface area (Å²) < 4.78 is 26.1. The zero-order valence-electron chi connectivity index (χ0n) is 13.4. The Labute approximate surface area is 131 Å². The second-order valence-corrected chi connectivity index (χ2v) is 6.69. The molecule has 22 heavy (non-hydrogen) atoms. The lowest BCUT2D eigenvalue weighted by molar-refractivity contribution is 0.00578. The van der Waals surface area contributed by atoms with Crippen LogP contribution in [0, 0.1) is 0 Å². The summed E-state index contributed by atoms with van der Waals surface area (Å²) in [5.41, 5.74) is -0.663. The fraction of sp³-hybridized carbons (Fsp3) is 0.333. The molecule has 0 bridgehead atoms. The second-order valence-electron chi connectivity index (χ2n) is 6.69. The maximum atomic E-state index is 14.6. The highest BCUT2D eigenvalue weighted by Gasteiger charge is 2.53. The first-order valence-electron chi connectivity index (χ1n) is 7.51. The summed E-state index contributed by atoms with van der Waals surface area (Å²) in [5.74, 6) is 0. The van der Waals surface area contributed by atoms with Crippen LogP contribution in [0.25, 0.3) is 16.8 Å². The van der Waals surface area contributed by atoms with Gasteiger partial charge in [0.15, 0.2) is 0 Å². The van der Waals surface area contributed by atoms with Gasteiger partial charge in [0.25, 0.3) is 0 Å². The molecular weight excluding hydrogens is 278 g/mol. The molecule has 3 rings (SSSR count). The summed E-state index contributed by atoms with van der Waals surface area (Å²) in [4.78, 5) is 0. The van der Waals surface area contributed by atoms with Crippen LogP contribution >= 0.6 is 0 Å². The van der Waals surface area contributed by atoms with Gasteiger partial charge in [0.1, 0.15) is 5.73 Å². The number of hydrogen-bond acceptors (Lipinski definition) is 2. The molecule has 0 radical (unpaired) electrons. The third kappa shape index (κ3) is 2.57. The Morgan fingerprint density at radius 3 is 2.23 bits per heavy atom. The first-order chi connectivity index (χ1) is 10.3. The molecule has 114 valence electrons. The molecule has 2 nitrogen and oxygen atoms in total. The number of fused-ring (bicyclic) bond motifs is 1. The van der Waals surface area contributed by atoms with Gasteiger partial charge in [0.05, 0.1) is 11.2 Å². The Balaban J connectivity index is 1.95. The fourth-order valence-electron chi connectivity index (χ4n) is 2.55. The van der Waals surface area contributed by atoms with Crippen LogP contribution in [0.5, 0.6) is 0 Å². The minimum absolute atomic E-state index is 0.407. The largest absolute Gasteiger partial charge is 0.525 e. The van der Waals surface area contributed by atoms with Gasteiger partial charge >= 0.3 is 7.12 Å². The van der Waals surface area contributed by atoms with Crippen LogP contribution in [-0.4, -0.2) is 18.3 Å². The summed E-state index contributed by atoms with van der Waals surface area (Å²) >= 11 is 0. The summed E-state index contributed by atoms with van der Waals surface area (Å²) in [6.07, 6.45) is 1.50. The molecule has 0 spiro atoms. The minimum atomic E-state index is -0.955. The summed E-state index contributed by atoms with van der Waals surface area (Å²) in [5, 5.41) is 2.09. The number of rotatable bonds is 2. The van der Waals surface area contributed by atoms with E-state index in [0.717, 1.165) is 16.3 Å². The highest BCUT2D eigenvalue weighted by atomic mass is 19.1. The van der Waals surface area contributed by atoms with Gasteiger partial charge in [-0.05, 0) is 50.1 Å². The van der Waals surface area contributed by atoms with Crippen LogP contribution in [0.4, 0.5) is 4.39 Å². The van der Waals surface area contributed by atoms with Crippen LogP contribution in [0.2, 0.25) is 0 Å². The summed E-state index contributed by atoms with van der Waals surface area (Å²) in [6.45, 7) is 7.66. The van der Waals surface area contributed by atoms with Crippen molar-refractivity contribution in [2.75, 3.05) is 0 Å². The lowest BCUT2D eigenvalue weighted by atomic mass is 9.86. The Morgan fingerprint density at radius 2 is 1.55 bits per heavy atom. The van der Waals surface area contributed by atoms with E-state index in [2.05, 4.69) is 0 Å². The zero-order valence-corrected chi connectivity index (χ0v) is 13.4. The topological polar surface area (TPSA) is 18.5 Å². The molecule has 0 atom stereocenters. The SMILES string of the molecule is CC1(C)OB(C(F)=Cc2cccc3ccccc23)OC1(C)C. The number of halogens is 1. The van der Waals surface area contributed by atoms with E-state index < -0.39 is 24.0 Å². The average molecular weight is 298 g/mol. The van der Waals surface area contributed by atoms with Gasteiger partial charge in [0.2, 0.25) is 0 Å². The summed E-state index contributed by atoms with van der Waals surface area (Å²) in [6, 6.07) is 13.8. The zero-order chi connectivity index (χ0) is 16.0. The fourth-order valence-corrected chi connectivity index (χ4v) is 2.55. The molecule has 1 aliphatic heterocycles. The van der Waals surface area contributed by atoms with Crippen molar-refractivity contribution in [3.63, 3.8) is 0 Å². The van der Waals surface area contributed by atoms with E-state index in [9.17, 15) is 4.39 Å². The van der Waals surface area contributed by atoms with E-state index in [-0.39, 0.29) is 0 Å². The molecule has 2 aromatic rings. The van der Waals surface area contributed by atoms with E-state index >= 15 is 0 Å². The molecule has 0 saturated carbocycles. The third-order valence-electron chi connectivity index (χ3n) is 4.60. The standard InChI is InChI=1S/C18H20BFO2/c1-17(2)18(3,4)22-19(21-17)16(20)12-14-10-7-9-13-8-5-6-11-15(13)14/h5-12H,1-4H3. The molecule has 0 amide bonds. The molecule has 0 N–H and O–H groups in total. The van der Waals surface area contributed by atoms with Gasteiger partial charge in [-0.25, -0.2) is 4.39 Å². The molecule has 0 unspecified atom stereocenters. The van der Waals surface area contributed by atoms with Crippen LogP contribution in [0.3, 0.4) is 0 Å². The minimum Gasteiger partial charge on any atom is -0.398 e. The predicted octanol–water partition coefficient (Wildman–Crippen LogP) is 4.78. The van der Waals surface area contributed by atoms with E-state index in [0.29, 0.717) is 0 Å². The highest BCUT2D eigenvalue weighted by molar-refractivity contribution is 6.54. The number of benzene rings is 2. The van der Waals surface area contributed by atoms with Gasteiger partial charge in [-0.2, -0.15) is 0 Å². The average Bonchev–Trinajstić information content (AvgIpc) is 2.68. The summed E-state index contributed by atoms with van der Waals surface area (Å²) in [7, 11) is -0.955. The molecule has 4 heteroatoms. The lowest BCUT2D eigenvalue weighted by Crippen LogP contribution is -2.41. The molecule has 1 saturated heterocycles. The van der Waals surface area contributed by atoms with Gasteiger partial charge in [-0.3, -0.25) is 0 Å². The second kappa shape index (κ2) is 5.22. The van der Waals surface area contributed by atoms with Crippen molar-refractivity contribution in [2.24, 2.45) is 0 Å². The lowest BCUT2D eigenvalue weighted by Gasteiger charge is -2.32. The monoisotopic (exact) mass is 298 g/mol. The van der Waals surface area contributed by atoms with Gasteiger partial charge in [0, 0.05) is 0 Å². The van der Waals surface area contributed by atoms with Crippen molar-refractivity contribution in [1.29, 1.82) is 0 Å². The molecule has 1 heterocycles. The van der Waals surface area contributed by atoms with Crippen molar-refractivity contribution in [3.05, 3.63) is 53.8 Å². The predicted molar refractivity (Wildman–Crippen MR) is 89.1 cm³/mol. The number of hydrogen-bond donors (Lipinski definition) is 0. The van der Waals surface area contributed by atoms with E-state index in [1.165, 1.54) is 6.08 Å². The molecule has 1 aliphatic rings. The van der Waals surface area contributed by atoms with E-state index in [4.69, 9.17) is 9.31 Å². The molecule has 0 aromatic heterocycles. The van der Waals surface area contributed by atoms with Crippen LogP contribution in [0.15, 0.2) is 48.2 Å². The van der Waals surface area contributed by atoms with Crippen molar-refractivity contribution in [1.82, 2.24) is 0 Å². The normalized spacial score (nSPS) is 20.6. The quantitative estimate of drug-likeness (QED) is 0.743. The Bertz CT molecular complexity index is 715. The molecule has 1 fully saturated rings. The maximum Gasteiger partial charge on any atom is 0.525 e. The Kier molecular flexibility index (Phi) is 3.62. The van der Waals surface area contributed by atoms with Crippen LogP contribution < -0.4 is 0 Å². The van der Waals surface area contributed by atoms with E-state index in [1.807, 2.05) is 70.2 Å². The third-order valence-corrected chi connectivity index (χ3v) is 4.60. The van der Waals surface area contributed by atoms with Crippen molar-refractivity contribution < 1.29 is 13.7 Å². The van der Waals surface area contributed by atoms with Crippen molar-refractivity contribution in [3.8, 4) is 0 Å². The van der Waals surface area contributed by atoms with Crippen LogP contribution in [-0.2, 0) is 9.31 Å². The van der Waals surface area contributed by atoms with Gasteiger partial charge < -0.3 is 9.31 Å². The Morgan fingerprint density at radius 1 is 0.955 bits per heavy atom. The van der Waals surface area contributed by atoms with Gasteiger partial charge in [-0.1, -0.05) is 42.5 Å². The smallest absolute Gasteiger partial charge is 0.398 e. The highest BCUT2D eigenvalue weighted by Crippen LogP contribution is 2.39. The first kappa shape index (κ1) is 15.3. The first-order valence-corrected chi connectivity index (χ1v) is 7.51.